The van der Waals surface area contributed by atoms with Crippen LogP contribution in [0, 0.1) is 0 Å². The third-order valence-electron chi connectivity index (χ3n) is 10.6. The summed E-state index contributed by atoms with van der Waals surface area (Å²) in [4.78, 5) is 37.9. The monoisotopic (exact) mass is 875 g/mol. The molecule has 0 saturated heterocycles. The van der Waals surface area contributed by atoms with Gasteiger partial charge in [-0.05, 0) is 83.5 Å². The molecule has 0 N–H and O–H groups in total. The lowest BCUT2D eigenvalue weighted by Gasteiger charge is -2.18. The van der Waals surface area contributed by atoms with Gasteiger partial charge in [0.2, 0.25) is 0 Å². The zero-order valence-electron chi connectivity index (χ0n) is 40.8. The van der Waals surface area contributed by atoms with Gasteiger partial charge in [-0.3, -0.25) is 14.4 Å². The molecule has 63 heavy (non-hydrogen) atoms. The summed E-state index contributed by atoms with van der Waals surface area (Å²) in [5, 5.41) is 0. The molecule has 1 unspecified atom stereocenters. The Balaban J connectivity index is 4.52. The standard InChI is InChI=1S/C57H94O6/c1-4-7-10-13-16-19-22-25-28-30-32-35-38-41-44-47-50-56(59)62-53-54(52-61-55(58)49-46-43-40-37-34-31-27-24-21-18-15-12-9-6-3)63-57(60)51-48-45-42-39-36-33-29-26-23-20-17-14-11-8-5-2/h7,9-10,12,16,18-19,21,25,27-28,31-32,35,41,44,54H,4-6,8,11,13-15,17,20,22-24,26,29-30,33-34,36-40,42-43,45-53H2,1-3H3/b10-7-,12-9-,19-16-,21-18-,28-25-,31-27-,35-32-,44-41-. The van der Waals surface area contributed by atoms with E-state index >= 15 is 0 Å². The number of esters is 3. The number of unbranched alkanes of at least 4 members (excludes halogenated alkanes) is 18. The third-order valence-corrected chi connectivity index (χ3v) is 10.6. The van der Waals surface area contributed by atoms with Gasteiger partial charge in [-0.15, -0.1) is 0 Å². The fourth-order valence-electron chi connectivity index (χ4n) is 6.80. The topological polar surface area (TPSA) is 78.9 Å². The Morgan fingerprint density at radius 1 is 0.333 bits per heavy atom. The predicted octanol–water partition coefficient (Wildman–Crippen LogP) is 17.0. The molecule has 6 heteroatoms. The number of hydrogen-bond acceptors (Lipinski definition) is 6. The number of hydrogen-bond donors (Lipinski definition) is 0. The minimum absolute atomic E-state index is 0.111. The van der Waals surface area contributed by atoms with E-state index < -0.39 is 6.10 Å². The Labute approximate surface area is 387 Å². The average Bonchev–Trinajstić information content (AvgIpc) is 3.28. The minimum atomic E-state index is -0.815. The molecule has 0 amide bonds. The van der Waals surface area contributed by atoms with Crippen LogP contribution in [0.2, 0.25) is 0 Å². The van der Waals surface area contributed by atoms with E-state index in [1.165, 1.54) is 77.0 Å². The van der Waals surface area contributed by atoms with Crippen molar-refractivity contribution < 1.29 is 28.6 Å². The highest BCUT2D eigenvalue weighted by molar-refractivity contribution is 5.71. The first-order valence-corrected chi connectivity index (χ1v) is 25.7. The van der Waals surface area contributed by atoms with Crippen LogP contribution in [-0.4, -0.2) is 37.2 Å². The van der Waals surface area contributed by atoms with E-state index in [2.05, 4.69) is 106 Å². The van der Waals surface area contributed by atoms with Gasteiger partial charge < -0.3 is 14.2 Å². The Bertz CT molecular complexity index is 1280. The zero-order chi connectivity index (χ0) is 45.8. The molecular formula is C57H94O6. The summed E-state index contributed by atoms with van der Waals surface area (Å²) in [5.74, 6) is -1.02. The van der Waals surface area contributed by atoms with Crippen molar-refractivity contribution in [1.82, 2.24) is 0 Å². The summed E-state index contributed by atoms with van der Waals surface area (Å²) in [5.41, 5.74) is 0. The van der Waals surface area contributed by atoms with E-state index in [4.69, 9.17) is 14.2 Å². The molecule has 0 aliphatic heterocycles. The molecule has 0 aliphatic carbocycles. The molecule has 0 bridgehead atoms. The molecule has 1 atom stereocenters. The normalized spacial score (nSPS) is 12.9. The Kier molecular flexibility index (Phi) is 48.0. The van der Waals surface area contributed by atoms with Crippen molar-refractivity contribution in [2.24, 2.45) is 0 Å². The second-order valence-electron chi connectivity index (χ2n) is 16.7. The molecule has 0 aliphatic rings. The molecule has 0 rings (SSSR count). The molecule has 0 radical (unpaired) electrons. The van der Waals surface area contributed by atoms with Crippen LogP contribution >= 0.6 is 0 Å². The molecular weight excluding hydrogens is 781 g/mol. The van der Waals surface area contributed by atoms with Crippen molar-refractivity contribution in [3.05, 3.63) is 97.2 Å². The third kappa shape index (κ3) is 49.2. The molecule has 0 aromatic carbocycles. The van der Waals surface area contributed by atoms with Gasteiger partial charge in [0.05, 0.1) is 0 Å². The van der Waals surface area contributed by atoms with E-state index in [1.54, 1.807) is 0 Å². The summed E-state index contributed by atoms with van der Waals surface area (Å²) in [6.45, 7) is 6.32. The van der Waals surface area contributed by atoms with Crippen LogP contribution < -0.4 is 0 Å². The SMILES string of the molecule is CC/C=C\C/C=C\C/C=C\C/C=C\C/C=C\CCC(=O)OCC(COC(=O)CCCCCC/C=C\C/C=C\C/C=C\CC)OC(=O)CCCCCCCCCCCCCCCCC. The van der Waals surface area contributed by atoms with Crippen LogP contribution in [0.25, 0.3) is 0 Å². The highest BCUT2D eigenvalue weighted by atomic mass is 16.6. The second kappa shape index (κ2) is 51.0. The quantitative estimate of drug-likeness (QED) is 0.0262. The van der Waals surface area contributed by atoms with Crippen LogP contribution in [0.15, 0.2) is 97.2 Å². The fourth-order valence-corrected chi connectivity index (χ4v) is 6.80. The van der Waals surface area contributed by atoms with Crippen molar-refractivity contribution in [3.8, 4) is 0 Å². The maximum atomic E-state index is 12.8. The van der Waals surface area contributed by atoms with Crippen molar-refractivity contribution in [2.75, 3.05) is 13.2 Å². The van der Waals surface area contributed by atoms with Crippen LogP contribution in [0.1, 0.15) is 226 Å². The largest absolute Gasteiger partial charge is 0.462 e. The van der Waals surface area contributed by atoms with Gasteiger partial charge in [-0.1, -0.05) is 221 Å². The smallest absolute Gasteiger partial charge is 0.306 e. The van der Waals surface area contributed by atoms with E-state index in [-0.39, 0.29) is 37.5 Å². The number of ether oxygens (including phenoxy) is 3. The lowest BCUT2D eigenvalue weighted by Crippen LogP contribution is -2.30. The van der Waals surface area contributed by atoms with Gasteiger partial charge in [0, 0.05) is 19.3 Å². The molecule has 0 saturated carbocycles. The molecule has 6 nitrogen and oxygen atoms in total. The van der Waals surface area contributed by atoms with Crippen LogP contribution in [0.4, 0.5) is 0 Å². The second-order valence-corrected chi connectivity index (χ2v) is 16.7. The summed E-state index contributed by atoms with van der Waals surface area (Å²) in [6, 6.07) is 0. The first-order chi connectivity index (χ1) is 31.0. The van der Waals surface area contributed by atoms with Crippen molar-refractivity contribution >= 4 is 17.9 Å². The van der Waals surface area contributed by atoms with E-state index in [9.17, 15) is 14.4 Å². The summed E-state index contributed by atoms with van der Waals surface area (Å²) in [6.07, 6.45) is 66.9. The van der Waals surface area contributed by atoms with Gasteiger partial charge >= 0.3 is 17.9 Å². The van der Waals surface area contributed by atoms with Gasteiger partial charge in [-0.25, -0.2) is 0 Å². The molecule has 358 valence electrons. The van der Waals surface area contributed by atoms with Crippen LogP contribution in [0.5, 0.6) is 0 Å². The van der Waals surface area contributed by atoms with Crippen molar-refractivity contribution in [3.63, 3.8) is 0 Å². The summed E-state index contributed by atoms with van der Waals surface area (Å²) < 4.78 is 16.7. The van der Waals surface area contributed by atoms with Gasteiger partial charge in [0.25, 0.3) is 0 Å². The Morgan fingerprint density at radius 3 is 1.06 bits per heavy atom. The first-order valence-electron chi connectivity index (χ1n) is 25.7. The predicted molar refractivity (Wildman–Crippen MR) is 270 cm³/mol. The van der Waals surface area contributed by atoms with Crippen LogP contribution in [0.3, 0.4) is 0 Å². The Hall–Kier alpha value is -3.67. The molecule has 0 spiro atoms. The number of allylic oxidation sites excluding steroid dienone is 16. The van der Waals surface area contributed by atoms with Gasteiger partial charge in [0.15, 0.2) is 6.10 Å². The van der Waals surface area contributed by atoms with E-state index in [1.807, 2.05) is 12.2 Å². The van der Waals surface area contributed by atoms with E-state index in [0.29, 0.717) is 19.3 Å². The number of carbonyl (C=O) groups excluding carboxylic acids is 3. The van der Waals surface area contributed by atoms with Gasteiger partial charge in [0.1, 0.15) is 13.2 Å². The zero-order valence-corrected chi connectivity index (χ0v) is 40.8. The lowest BCUT2D eigenvalue weighted by molar-refractivity contribution is -0.166. The summed E-state index contributed by atoms with van der Waals surface area (Å²) >= 11 is 0. The average molecular weight is 875 g/mol. The number of carbonyl (C=O) groups is 3. The molecule has 0 aromatic heterocycles. The maximum absolute atomic E-state index is 12.8. The van der Waals surface area contributed by atoms with Crippen LogP contribution in [-0.2, 0) is 28.6 Å². The highest BCUT2D eigenvalue weighted by Crippen LogP contribution is 2.15. The lowest BCUT2D eigenvalue weighted by atomic mass is 10.0. The van der Waals surface area contributed by atoms with Crippen molar-refractivity contribution in [2.45, 2.75) is 232 Å². The first kappa shape index (κ1) is 59.3. The summed E-state index contributed by atoms with van der Waals surface area (Å²) in [7, 11) is 0. The molecule has 0 heterocycles. The maximum Gasteiger partial charge on any atom is 0.306 e. The highest BCUT2D eigenvalue weighted by Gasteiger charge is 2.19. The van der Waals surface area contributed by atoms with Crippen molar-refractivity contribution in [1.29, 1.82) is 0 Å². The number of rotatable bonds is 45. The van der Waals surface area contributed by atoms with Gasteiger partial charge in [-0.2, -0.15) is 0 Å². The Morgan fingerprint density at radius 2 is 0.651 bits per heavy atom. The minimum Gasteiger partial charge on any atom is -0.462 e. The molecule has 0 aromatic rings. The van der Waals surface area contributed by atoms with E-state index in [0.717, 1.165) is 103 Å². The fraction of sp³-hybridized carbons (Fsp3) is 0.667. The molecule has 0 fully saturated rings.